The molecule has 2 aromatic rings. The molecule has 0 bridgehead atoms. The molecular formula is C20H23ClN2O2. The van der Waals surface area contributed by atoms with Gasteiger partial charge in [-0.05, 0) is 48.7 Å². The van der Waals surface area contributed by atoms with E-state index in [4.69, 9.17) is 26.3 Å². The molecule has 0 heterocycles. The first-order valence-electron chi connectivity index (χ1n) is 8.45. The standard InChI is InChI=1S/C20H23ClN2O2/c1-3-8-25-20-18(21)10-17(11-19(20)24-4-2)14-23-13-16-7-5-6-15(9-16)12-22/h5-7,9-11,23H,3-4,8,13-14H2,1-2H3. The molecule has 1 N–H and O–H groups in total. The monoisotopic (exact) mass is 358 g/mol. The molecule has 0 atom stereocenters. The Morgan fingerprint density at radius 3 is 2.60 bits per heavy atom. The van der Waals surface area contributed by atoms with Crippen molar-refractivity contribution in [2.24, 2.45) is 0 Å². The van der Waals surface area contributed by atoms with Gasteiger partial charge < -0.3 is 14.8 Å². The van der Waals surface area contributed by atoms with Crippen molar-refractivity contribution in [3.8, 4) is 17.6 Å². The summed E-state index contributed by atoms with van der Waals surface area (Å²) in [4.78, 5) is 0. The van der Waals surface area contributed by atoms with Crippen molar-refractivity contribution in [3.05, 3.63) is 58.1 Å². The average Bonchev–Trinajstić information content (AvgIpc) is 2.61. The van der Waals surface area contributed by atoms with E-state index in [0.29, 0.717) is 48.4 Å². The van der Waals surface area contributed by atoms with Crippen LogP contribution in [-0.4, -0.2) is 13.2 Å². The number of benzene rings is 2. The Kier molecular flexibility index (Phi) is 7.59. The van der Waals surface area contributed by atoms with Gasteiger partial charge >= 0.3 is 0 Å². The third kappa shape index (κ3) is 5.67. The minimum Gasteiger partial charge on any atom is -0.490 e. The molecule has 0 amide bonds. The summed E-state index contributed by atoms with van der Waals surface area (Å²) in [7, 11) is 0. The van der Waals surface area contributed by atoms with E-state index < -0.39 is 0 Å². The molecule has 0 radical (unpaired) electrons. The number of rotatable bonds is 9. The van der Waals surface area contributed by atoms with E-state index in [2.05, 4.69) is 11.4 Å². The average molecular weight is 359 g/mol. The summed E-state index contributed by atoms with van der Waals surface area (Å²) in [6.07, 6.45) is 0.910. The fourth-order valence-corrected chi connectivity index (χ4v) is 2.72. The molecule has 0 aliphatic rings. The van der Waals surface area contributed by atoms with Crippen LogP contribution in [0.2, 0.25) is 5.02 Å². The van der Waals surface area contributed by atoms with Gasteiger partial charge in [-0.2, -0.15) is 5.26 Å². The largest absolute Gasteiger partial charge is 0.490 e. The molecule has 0 aliphatic carbocycles. The van der Waals surface area contributed by atoms with Crippen molar-refractivity contribution in [3.63, 3.8) is 0 Å². The zero-order valence-corrected chi connectivity index (χ0v) is 15.4. The third-order valence-corrected chi connectivity index (χ3v) is 3.81. The van der Waals surface area contributed by atoms with Crippen LogP contribution in [0.5, 0.6) is 11.5 Å². The molecule has 0 saturated carbocycles. The first kappa shape index (κ1) is 19.1. The van der Waals surface area contributed by atoms with Gasteiger partial charge in [0.05, 0.1) is 29.9 Å². The fourth-order valence-electron chi connectivity index (χ4n) is 2.43. The number of hydrogen-bond acceptors (Lipinski definition) is 4. The van der Waals surface area contributed by atoms with Crippen LogP contribution in [0.4, 0.5) is 0 Å². The highest BCUT2D eigenvalue weighted by molar-refractivity contribution is 6.32. The Labute approximate surface area is 154 Å². The van der Waals surface area contributed by atoms with Crippen LogP contribution in [0.3, 0.4) is 0 Å². The predicted molar refractivity (Wildman–Crippen MR) is 100 cm³/mol. The lowest BCUT2D eigenvalue weighted by Crippen LogP contribution is -2.13. The van der Waals surface area contributed by atoms with Crippen molar-refractivity contribution in [1.82, 2.24) is 5.32 Å². The summed E-state index contributed by atoms with van der Waals surface area (Å²) < 4.78 is 11.4. The van der Waals surface area contributed by atoms with E-state index in [-0.39, 0.29) is 0 Å². The maximum Gasteiger partial charge on any atom is 0.179 e. The third-order valence-electron chi connectivity index (χ3n) is 3.53. The lowest BCUT2D eigenvalue weighted by molar-refractivity contribution is 0.277. The maximum absolute atomic E-state index is 8.95. The van der Waals surface area contributed by atoms with Gasteiger partial charge in [-0.1, -0.05) is 30.7 Å². The molecule has 0 spiro atoms. The van der Waals surface area contributed by atoms with Crippen LogP contribution in [0.25, 0.3) is 0 Å². The molecule has 25 heavy (non-hydrogen) atoms. The second-order valence-electron chi connectivity index (χ2n) is 5.60. The highest BCUT2D eigenvalue weighted by Crippen LogP contribution is 2.36. The van der Waals surface area contributed by atoms with Crippen molar-refractivity contribution in [2.75, 3.05) is 13.2 Å². The van der Waals surface area contributed by atoms with Crippen molar-refractivity contribution >= 4 is 11.6 Å². The number of hydrogen-bond donors (Lipinski definition) is 1. The molecule has 2 aromatic carbocycles. The summed E-state index contributed by atoms with van der Waals surface area (Å²) in [5, 5.41) is 12.9. The topological polar surface area (TPSA) is 54.3 Å². The smallest absolute Gasteiger partial charge is 0.179 e. The zero-order chi connectivity index (χ0) is 18.1. The van der Waals surface area contributed by atoms with Crippen LogP contribution in [0.1, 0.15) is 37.0 Å². The van der Waals surface area contributed by atoms with Crippen LogP contribution in [0.15, 0.2) is 36.4 Å². The Balaban J connectivity index is 2.04. The zero-order valence-electron chi connectivity index (χ0n) is 14.6. The highest BCUT2D eigenvalue weighted by atomic mass is 35.5. The summed E-state index contributed by atoms with van der Waals surface area (Å²) in [5.74, 6) is 1.28. The Hall–Kier alpha value is -2.22. The minimum absolute atomic E-state index is 0.552. The SMILES string of the molecule is CCCOc1c(Cl)cc(CNCc2cccc(C#N)c2)cc1OCC. The normalized spacial score (nSPS) is 10.3. The number of nitrogens with one attached hydrogen (secondary N) is 1. The first-order chi connectivity index (χ1) is 12.2. The van der Waals surface area contributed by atoms with Gasteiger partial charge in [0.25, 0.3) is 0 Å². The van der Waals surface area contributed by atoms with Gasteiger partial charge in [0.15, 0.2) is 11.5 Å². The number of nitriles is 1. The Morgan fingerprint density at radius 2 is 1.88 bits per heavy atom. The first-order valence-corrected chi connectivity index (χ1v) is 8.83. The summed E-state index contributed by atoms with van der Waals surface area (Å²) >= 11 is 6.37. The van der Waals surface area contributed by atoms with Gasteiger partial charge in [0.2, 0.25) is 0 Å². The van der Waals surface area contributed by atoms with Gasteiger partial charge in [0, 0.05) is 13.1 Å². The van der Waals surface area contributed by atoms with Gasteiger partial charge in [-0.3, -0.25) is 0 Å². The summed E-state index contributed by atoms with van der Waals surface area (Å²) in [6.45, 7) is 6.46. The molecule has 0 saturated heterocycles. The molecule has 0 unspecified atom stereocenters. The highest BCUT2D eigenvalue weighted by Gasteiger charge is 2.12. The maximum atomic E-state index is 8.95. The van der Waals surface area contributed by atoms with Gasteiger partial charge in [0.1, 0.15) is 0 Å². The van der Waals surface area contributed by atoms with E-state index in [1.807, 2.05) is 44.2 Å². The van der Waals surface area contributed by atoms with Crippen LogP contribution >= 0.6 is 11.6 Å². The van der Waals surface area contributed by atoms with Crippen LogP contribution < -0.4 is 14.8 Å². The van der Waals surface area contributed by atoms with Crippen LogP contribution in [0, 0.1) is 11.3 Å². The fraction of sp³-hybridized carbons (Fsp3) is 0.350. The number of nitrogens with zero attached hydrogens (tertiary/aromatic N) is 1. The van der Waals surface area contributed by atoms with Gasteiger partial charge in [-0.15, -0.1) is 0 Å². The van der Waals surface area contributed by atoms with Crippen LogP contribution in [-0.2, 0) is 13.1 Å². The van der Waals surface area contributed by atoms with Crippen molar-refractivity contribution < 1.29 is 9.47 Å². The number of ether oxygens (including phenoxy) is 2. The molecule has 4 nitrogen and oxygen atoms in total. The van der Waals surface area contributed by atoms with E-state index in [1.54, 1.807) is 6.07 Å². The predicted octanol–water partition coefficient (Wildman–Crippen LogP) is 4.69. The molecular weight excluding hydrogens is 336 g/mol. The minimum atomic E-state index is 0.552. The molecule has 5 heteroatoms. The van der Waals surface area contributed by atoms with Gasteiger partial charge in [-0.25, -0.2) is 0 Å². The lowest BCUT2D eigenvalue weighted by Gasteiger charge is -2.15. The quantitative estimate of drug-likeness (QED) is 0.706. The van der Waals surface area contributed by atoms with Crippen molar-refractivity contribution in [1.29, 1.82) is 5.26 Å². The lowest BCUT2D eigenvalue weighted by atomic mass is 10.1. The molecule has 0 aliphatic heterocycles. The van der Waals surface area contributed by atoms with E-state index in [0.717, 1.165) is 17.5 Å². The molecule has 0 aromatic heterocycles. The Morgan fingerprint density at radius 1 is 1.08 bits per heavy atom. The second kappa shape index (κ2) is 9.93. The van der Waals surface area contributed by atoms with E-state index in [9.17, 15) is 0 Å². The summed E-state index contributed by atoms with van der Waals surface area (Å²) in [5.41, 5.74) is 2.75. The van der Waals surface area contributed by atoms with Crippen molar-refractivity contribution in [2.45, 2.75) is 33.4 Å². The van der Waals surface area contributed by atoms with E-state index >= 15 is 0 Å². The summed E-state index contributed by atoms with van der Waals surface area (Å²) in [6, 6.07) is 13.6. The second-order valence-corrected chi connectivity index (χ2v) is 6.01. The Bertz CT molecular complexity index is 741. The van der Waals surface area contributed by atoms with E-state index in [1.165, 1.54) is 0 Å². The molecule has 0 fully saturated rings. The number of halogens is 1. The molecule has 2 rings (SSSR count). The molecule has 132 valence electrons.